The summed E-state index contributed by atoms with van der Waals surface area (Å²) in [4.78, 5) is 24.6. The molecule has 0 unspecified atom stereocenters. The fourth-order valence-electron chi connectivity index (χ4n) is 2.40. The number of likely N-dealkylation sites (tertiary alicyclic amines) is 1. The van der Waals surface area contributed by atoms with Gasteiger partial charge in [-0.05, 0) is 30.5 Å². The van der Waals surface area contributed by atoms with Gasteiger partial charge in [-0.1, -0.05) is 12.1 Å². The van der Waals surface area contributed by atoms with Gasteiger partial charge in [-0.3, -0.25) is 4.79 Å². The first-order valence-electron chi connectivity index (χ1n) is 6.98. The maximum absolute atomic E-state index is 12.0. The number of hydrogen-bond donors (Lipinski definition) is 2. The van der Waals surface area contributed by atoms with Gasteiger partial charge in [-0.15, -0.1) is 0 Å². The fourth-order valence-corrected chi connectivity index (χ4v) is 2.40. The van der Waals surface area contributed by atoms with Gasteiger partial charge in [0, 0.05) is 19.6 Å². The molecule has 1 fully saturated rings. The smallest absolute Gasteiger partial charge is 0.317 e. The summed E-state index contributed by atoms with van der Waals surface area (Å²) in [7, 11) is 1.60. The monoisotopic (exact) mass is 292 g/mol. The fraction of sp³-hybridized carbons (Fsp3) is 0.467. The van der Waals surface area contributed by atoms with Crippen LogP contribution in [0, 0.1) is 5.92 Å². The van der Waals surface area contributed by atoms with Crippen LogP contribution in [0.25, 0.3) is 0 Å². The van der Waals surface area contributed by atoms with E-state index in [0.717, 1.165) is 11.3 Å². The van der Waals surface area contributed by atoms with Crippen molar-refractivity contribution in [2.75, 3.05) is 20.2 Å². The van der Waals surface area contributed by atoms with Crippen molar-refractivity contribution >= 4 is 12.0 Å². The quantitative estimate of drug-likeness (QED) is 0.885. The number of ether oxygens (including phenoxy) is 1. The highest BCUT2D eigenvalue weighted by Gasteiger charge is 2.26. The molecular formula is C15H20N2O4. The maximum Gasteiger partial charge on any atom is 0.317 e. The number of carboxylic acids is 1. The number of carbonyl (C=O) groups is 2. The van der Waals surface area contributed by atoms with E-state index in [1.54, 1.807) is 12.0 Å². The molecule has 114 valence electrons. The van der Waals surface area contributed by atoms with E-state index in [1.807, 2.05) is 24.3 Å². The third-order valence-corrected chi connectivity index (χ3v) is 3.71. The average molecular weight is 292 g/mol. The number of methoxy groups -OCH3 is 1. The summed E-state index contributed by atoms with van der Waals surface area (Å²) in [6.07, 6.45) is 1.03. The predicted octanol–water partition coefficient (Wildman–Crippen LogP) is 1.70. The molecule has 0 spiro atoms. The number of carbonyl (C=O) groups excluding carboxylic acids is 1. The third kappa shape index (κ3) is 4.11. The van der Waals surface area contributed by atoms with Crippen LogP contribution in [-0.4, -0.2) is 42.2 Å². The van der Waals surface area contributed by atoms with Crippen molar-refractivity contribution in [3.05, 3.63) is 29.8 Å². The van der Waals surface area contributed by atoms with Crippen LogP contribution in [0.3, 0.4) is 0 Å². The van der Waals surface area contributed by atoms with Crippen molar-refractivity contribution in [1.82, 2.24) is 10.2 Å². The molecule has 1 aromatic carbocycles. The minimum atomic E-state index is -0.772. The zero-order chi connectivity index (χ0) is 15.2. The number of rotatable bonds is 4. The summed E-state index contributed by atoms with van der Waals surface area (Å²) in [5.74, 6) is -0.345. The Morgan fingerprint density at radius 3 is 2.71 bits per heavy atom. The lowest BCUT2D eigenvalue weighted by Gasteiger charge is -2.30. The lowest BCUT2D eigenvalue weighted by atomic mass is 9.97. The topological polar surface area (TPSA) is 78.9 Å². The highest BCUT2D eigenvalue weighted by atomic mass is 16.5. The highest BCUT2D eigenvalue weighted by Crippen LogP contribution is 2.17. The van der Waals surface area contributed by atoms with Gasteiger partial charge >= 0.3 is 12.0 Å². The molecule has 2 rings (SSSR count). The molecule has 2 amide bonds. The molecule has 2 N–H and O–H groups in total. The number of carboxylic acid groups (broad SMARTS) is 1. The van der Waals surface area contributed by atoms with Crippen LogP contribution in [-0.2, 0) is 11.3 Å². The predicted molar refractivity (Wildman–Crippen MR) is 77.2 cm³/mol. The number of hydrogen-bond acceptors (Lipinski definition) is 3. The van der Waals surface area contributed by atoms with Crippen LogP contribution in [0.15, 0.2) is 24.3 Å². The van der Waals surface area contributed by atoms with Crippen molar-refractivity contribution in [2.45, 2.75) is 19.4 Å². The summed E-state index contributed by atoms with van der Waals surface area (Å²) in [5, 5.41) is 11.8. The van der Waals surface area contributed by atoms with Crippen LogP contribution in [0.4, 0.5) is 4.79 Å². The van der Waals surface area contributed by atoms with Gasteiger partial charge in [0.2, 0.25) is 0 Å². The van der Waals surface area contributed by atoms with E-state index < -0.39 is 5.97 Å². The van der Waals surface area contributed by atoms with Crippen molar-refractivity contribution in [3.8, 4) is 5.75 Å². The van der Waals surface area contributed by atoms with Crippen LogP contribution < -0.4 is 10.1 Å². The largest absolute Gasteiger partial charge is 0.497 e. The first-order chi connectivity index (χ1) is 10.1. The second-order valence-corrected chi connectivity index (χ2v) is 5.11. The molecule has 21 heavy (non-hydrogen) atoms. The third-order valence-electron chi connectivity index (χ3n) is 3.71. The van der Waals surface area contributed by atoms with E-state index in [0.29, 0.717) is 32.5 Å². The molecule has 0 saturated carbocycles. The molecule has 1 aromatic rings. The molecule has 0 atom stereocenters. The highest BCUT2D eigenvalue weighted by molar-refractivity contribution is 5.75. The van der Waals surface area contributed by atoms with Crippen molar-refractivity contribution in [1.29, 1.82) is 0 Å². The normalized spacial score (nSPS) is 15.6. The Labute approximate surface area is 123 Å². The lowest BCUT2D eigenvalue weighted by Crippen LogP contribution is -2.45. The van der Waals surface area contributed by atoms with E-state index in [-0.39, 0.29) is 11.9 Å². The molecule has 6 heteroatoms. The zero-order valence-electron chi connectivity index (χ0n) is 12.0. The second-order valence-electron chi connectivity index (χ2n) is 5.11. The van der Waals surface area contributed by atoms with Gasteiger partial charge in [0.05, 0.1) is 13.0 Å². The second kappa shape index (κ2) is 6.97. The van der Waals surface area contributed by atoms with Crippen LogP contribution in [0.2, 0.25) is 0 Å². The molecule has 0 aliphatic carbocycles. The molecule has 1 aliphatic heterocycles. The first-order valence-corrected chi connectivity index (χ1v) is 6.98. The maximum atomic E-state index is 12.0. The Bertz CT molecular complexity index is 510. The molecule has 6 nitrogen and oxygen atoms in total. The van der Waals surface area contributed by atoms with Crippen LogP contribution in [0.5, 0.6) is 5.75 Å². The Balaban J connectivity index is 1.81. The molecule has 0 radical (unpaired) electrons. The SMILES string of the molecule is COc1cccc(CNC(=O)N2CCC(C(=O)O)CC2)c1. The number of piperidine rings is 1. The van der Waals surface area contributed by atoms with E-state index in [2.05, 4.69) is 5.32 Å². The summed E-state index contributed by atoms with van der Waals surface area (Å²) in [5.41, 5.74) is 0.961. The summed E-state index contributed by atoms with van der Waals surface area (Å²) in [6, 6.07) is 7.36. The number of nitrogens with one attached hydrogen (secondary N) is 1. The van der Waals surface area contributed by atoms with Gasteiger partial charge in [0.15, 0.2) is 0 Å². The van der Waals surface area contributed by atoms with Crippen molar-refractivity contribution < 1.29 is 19.4 Å². The molecule has 0 bridgehead atoms. The van der Waals surface area contributed by atoms with Crippen molar-refractivity contribution in [3.63, 3.8) is 0 Å². The van der Waals surface area contributed by atoms with Gasteiger partial charge in [0.25, 0.3) is 0 Å². The average Bonchev–Trinajstić information content (AvgIpc) is 2.53. The van der Waals surface area contributed by atoms with E-state index in [9.17, 15) is 9.59 Å². The van der Waals surface area contributed by atoms with Crippen LogP contribution >= 0.6 is 0 Å². The summed E-state index contributed by atoms with van der Waals surface area (Å²) >= 11 is 0. The van der Waals surface area contributed by atoms with Crippen LogP contribution in [0.1, 0.15) is 18.4 Å². The van der Waals surface area contributed by atoms with Gasteiger partial charge in [-0.25, -0.2) is 4.79 Å². The number of nitrogens with zero attached hydrogens (tertiary/aromatic N) is 1. The Morgan fingerprint density at radius 2 is 2.10 bits per heavy atom. The zero-order valence-corrected chi connectivity index (χ0v) is 12.0. The van der Waals surface area contributed by atoms with Gasteiger partial charge in [-0.2, -0.15) is 0 Å². The molecule has 1 saturated heterocycles. The number of urea groups is 1. The summed E-state index contributed by atoms with van der Waals surface area (Å²) in [6.45, 7) is 1.40. The minimum Gasteiger partial charge on any atom is -0.497 e. The van der Waals surface area contributed by atoms with Crippen molar-refractivity contribution in [2.24, 2.45) is 5.92 Å². The lowest BCUT2D eigenvalue weighted by molar-refractivity contribution is -0.143. The van der Waals surface area contributed by atoms with E-state index in [1.165, 1.54) is 0 Å². The van der Waals surface area contributed by atoms with E-state index >= 15 is 0 Å². The standard InChI is InChI=1S/C15H20N2O4/c1-21-13-4-2-3-11(9-13)10-16-15(20)17-7-5-12(6-8-17)14(18)19/h2-4,9,12H,5-8,10H2,1H3,(H,16,20)(H,18,19). The minimum absolute atomic E-state index is 0.151. The van der Waals surface area contributed by atoms with E-state index in [4.69, 9.17) is 9.84 Å². The first kappa shape index (κ1) is 15.2. The Kier molecular flexibility index (Phi) is 5.03. The molecule has 1 aliphatic rings. The molecule has 0 aromatic heterocycles. The number of amides is 2. The Morgan fingerprint density at radius 1 is 1.38 bits per heavy atom. The van der Waals surface area contributed by atoms with Gasteiger partial charge in [0.1, 0.15) is 5.75 Å². The Hall–Kier alpha value is -2.24. The summed E-state index contributed by atoms with van der Waals surface area (Å²) < 4.78 is 5.13. The molecule has 1 heterocycles. The van der Waals surface area contributed by atoms with Gasteiger partial charge < -0.3 is 20.1 Å². The molecular weight excluding hydrogens is 272 g/mol. The number of aliphatic carboxylic acids is 1. The number of benzene rings is 1.